The second-order valence-electron chi connectivity index (χ2n) is 5.63. The number of hydrogen-bond acceptors (Lipinski definition) is 4. The van der Waals surface area contributed by atoms with Gasteiger partial charge in [0.05, 0.1) is 16.5 Å². The number of thiophene rings is 1. The van der Waals surface area contributed by atoms with Gasteiger partial charge in [0.15, 0.2) is 0 Å². The lowest BCUT2D eigenvalue weighted by Gasteiger charge is -2.15. The van der Waals surface area contributed by atoms with Crippen molar-refractivity contribution in [3.05, 3.63) is 46.2 Å². The maximum atomic E-state index is 12.2. The summed E-state index contributed by atoms with van der Waals surface area (Å²) < 4.78 is 0. The Labute approximate surface area is 138 Å². The molecule has 0 fully saturated rings. The first-order valence-electron chi connectivity index (χ1n) is 7.42. The molecular formula is C17H18N4OS. The lowest BCUT2D eigenvalue weighted by atomic mass is 9.86. The predicted octanol–water partition coefficient (Wildman–Crippen LogP) is 3.50. The van der Waals surface area contributed by atoms with Gasteiger partial charge in [0, 0.05) is 5.69 Å². The summed E-state index contributed by atoms with van der Waals surface area (Å²) in [5.74, 6) is 0.287. The molecule has 5 nitrogen and oxygen atoms in total. The number of nitrogens with two attached hydrogens (primary N) is 1. The maximum absolute atomic E-state index is 12.2. The Hall–Kier alpha value is -2.47. The number of amides is 1. The minimum Gasteiger partial charge on any atom is -0.383 e. The Morgan fingerprint density at radius 3 is 3.04 bits per heavy atom. The number of nitrogens with one attached hydrogen (secondary N) is 2. The fourth-order valence-corrected chi connectivity index (χ4v) is 3.48. The molecular weight excluding hydrogens is 308 g/mol. The van der Waals surface area contributed by atoms with E-state index < -0.39 is 0 Å². The molecule has 2 heterocycles. The second-order valence-corrected chi connectivity index (χ2v) is 6.58. The van der Waals surface area contributed by atoms with E-state index in [4.69, 9.17) is 11.1 Å². The normalized spacial score (nSPS) is 18.4. The molecule has 0 spiro atoms. The van der Waals surface area contributed by atoms with Gasteiger partial charge < -0.3 is 16.5 Å². The van der Waals surface area contributed by atoms with Crippen molar-refractivity contribution in [2.24, 2.45) is 16.6 Å². The number of benzene rings is 1. The van der Waals surface area contributed by atoms with Gasteiger partial charge in [-0.25, -0.2) is 4.99 Å². The molecule has 0 saturated heterocycles. The molecule has 0 bridgehead atoms. The van der Waals surface area contributed by atoms with Crippen molar-refractivity contribution in [1.29, 1.82) is 5.41 Å². The first-order chi connectivity index (χ1) is 11.1. The molecule has 0 saturated carbocycles. The summed E-state index contributed by atoms with van der Waals surface area (Å²) in [6.07, 6.45) is 1.93. The van der Waals surface area contributed by atoms with Gasteiger partial charge in [-0.2, -0.15) is 0 Å². The smallest absolute Gasteiger partial charge is 0.232 e. The molecule has 1 amide bonds. The van der Waals surface area contributed by atoms with Crippen molar-refractivity contribution in [1.82, 2.24) is 0 Å². The quantitative estimate of drug-likeness (QED) is 0.579. The minimum absolute atomic E-state index is 0.0123. The average molecular weight is 326 g/mol. The molecule has 2 unspecified atom stereocenters. The Morgan fingerprint density at radius 2 is 2.35 bits per heavy atom. The number of nitrogens with zero attached hydrogens (tertiary/aromatic N) is 1. The fraction of sp³-hybridized carbons (Fsp3) is 0.235. The van der Waals surface area contributed by atoms with E-state index in [2.05, 4.69) is 10.3 Å². The van der Waals surface area contributed by atoms with Gasteiger partial charge in [-0.15, -0.1) is 11.3 Å². The van der Waals surface area contributed by atoms with Crippen LogP contribution >= 0.6 is 11.3 Å². The Morgan fingerprint density at radius 1 is 1.52 bits per heavy atom. The van der Waals surface area contributed by atoms with Crippen LogP contribution in [0.1, 0.15) is 29.7 Å². The predicted molar refractivity (Wildman–Crippen MR) is 95.1 cm³/mol. The van der Waals surface area contributed by atoms with Crippen LogP contribution in [0.2, 0.25) is 0 Å². The van der Waals surface area contributed by atoms with E-state index in [1.807, 2.05) is 42.6 Å². The van der Waals surface area contributed by atoms with E-state index in [9.17, 15) is 4.79 Å². The summed E-state index contributed by atoms with van der Waals surface area (Å²) in [6.45, 7) is 1.99. The van der Waals surface area contributed by atoms with E-state index in [0.29, 0.717) is 12.3 Å². The zero-order valence-electron chi connectivity index (χ0n) is 12.7. The molecule has 0 radical (unpaired) electrons. The zero-order chi connectivity index (χ0) is 16.4. The van der Waals surface area contributed by atoms with Crippen molar-refractivity contribution in [3.8, 4) is 0 Å². The molecule has 23 heavy (non-hydrogen) atoms. The monoisotopic (exact) mass is 326 g/mol. The van der Waals surface area contributed by atoms with Crippen LogP contribution in [-0.4, -0.2) is 18.0 Å². The topological polar surface area (TPSA) is 91.3 Å². The molecule has 4 N–H and O–H groups in total. The number of fused-ring (bicyclic) bond motifs is 1. The maximum Gasteiger partial charge on any atom is 0.232 e. The van der Waals surface area contributed by atoms with Gasteiger partial charge in [0.1, 0.15) is 5.84 Å². The molecule has 118 valence electrons. The number of anilines is 1. The summed E-state index contributed by atoms with van der Waals surface area (Å²) in [7, 11) is 0. The Kier molecular flexibility index (Phi) is 4.25. The molecule has 0 aliphatic carbocycles. The average Bonchev–Trinajstić information content (AvgIpc) is 3.14. The van der Waals surface area contributed by atoms with Crippen molar-refractivity contribution in [3.63, 3.8) is 0 Å². The highest BCUT2D eigenvalue weighted by Crippen LogP contribution is 2.40. The van der Waals surface area contributed by atoms with E-state index in [0.717, 1.165) is 21.8 Å². The Bertz CT molecular complexity index is 767. The first kappa shape index (κ1) is 15.4. The third-order valence-electron chi connectivity index (χ3n) is 3.99. The van der Waals surface area contributed by atoms with Crippen molar-refractivity contribution in [2.75, 3.05) is 5.32 Å². The van der Waals surface area contributed by atoms with Crippen LogP contribution in [0, 0.1) is 11.3 Å². The summed E-state index contributed by atoms with van der Waals surface area (Å²) in [4.78, 5) is 17.6. The number of aliphatic imine (C=N–C) groups is 1. The van der Waals surface area contributed by atoms with Crippen LogP contribution in [0.3, 0.4) is 0 Å². The SMILES string of the molecule is CC(CC=N)C1C(=O)Nc2ccc(N=C(N)c3cccs3)cc21. The highest BCUT2D eigenvalue weighted by molar-refractivity contribution is 7.12. The van der Waals surface area contributed by atoms with Crippen LogP contribution in [0.4, 0.5) is 11.4 Å². The molecule has 3 rings (SSSR count). The van der Waals surface area contributed by atoms with Crippen LogP contribution < -0.4 is 11.1 Å². The molecule has 1 aromatic heterocycles. The highest BCUT2D eigenvalue weighted by Gasteiger charge is 2.34. The van der Waals surface area contributed by atoms with E-state index in [-0.39, 0.29) is 17.7 Å². The first-order valence-corrected chi connectivity index (χ1v) is 8.30. The summed E-state index contributed by atoms with van der Waals surface area (Å²) in [5, 5.41) is 12.1. The fourth-order valence-electron chi connectivity index (χ4n) is 2.85. The lowest BCUT2D eigenvalue weighted by Crippen LogP contribution is -2.19. The largest absolute Gasteiger partial charge is 0.383 e. The third kappa shape index (κ3) is 3.03. The molecule has 2 atom stereocenters. The van der Waals surface area contributed by atoms with Gasteiger partial charge >= 0.3 is 0 Å². The molecule has 2 aromatic rings. The number of carbonyl (C=O) groups excluding carboxylic acids is 1. The number of amidine groups is 1. The van der Waals surface area contributed by atoms with Gasteiger partial charge in [-0.3, -0.25) is 4.79 Å². The molecule has 1 aliphatic rings. The molecule has 1 aliphatic heterocycles. The summed E-state index contributed by atoms with van der Waals surface area (Å²) >= 11 is 1.54. The zero-order valence-corrected chi connectivity index (χ0v) is 13.6. The van der Waals surface area contributed by atoms with Crippen LogP contribution in [-0.2, 0) is 4.79 Å². The van der Waals surface area contributed by atoms with Crippen molar-refractivity contribution >= 4 is 40.7 Å². The van der Waals surface area contributed by atoms with E-state index in [1.165, 1.54) is 6.21 Å². The number of hydrogen-bond donors (Lipinski definition) is 3. The lowest BCUT2D eigenvalue weighted by molar-refractivity contribution is -0.117. The third-order valence-corrected chi connectivity index (χ3v) is 4.88. The second kappa shape index (κ2) is 6.34. The number of rotatable bonds is 5. The highest BCUT2D eigenvalue weighted by atomic mass is 32.1. The summed E-state index contributed by atoms with van der Waals surface area (Å²) in [5.41, 5.74) is 8.53. The van der Waals surface area contributed by atoms with Crippen molar-refractivity contribution < 1.29 is 4.79 Å². The van der Waals surface area contributed by atoms with Crippen molar-refractivity contribution in [2.45, 2.75) is 19.3 Å². The molecule has 1 aromatic carbocycles. The molecule has 6 heteroatoms. The van der Waals surface area contributed by atoms with Gasteiger partial charge in [0.25, 0.3) is 0 Å². The van der Waals surface area contributed by atoms with Crippen LogP contribution in [0.15, 0.2) is 40.7 Å². The van der Waals surface area contributed by atoms with Gasteiger partial charge in [-0.05, 0) is 53.8 Å². The Balaban J connectivity index is 1.94. The van der Waals surface area contributed by atoms with Gasteiger partial charge in [0.2, 0.25) is 5.91 Å². The standard InChI is InChI=1S/C17H18N4OS/c1-10(6-7-18)15-12-9-11(4-5-13(12)21-17(15)22)20-16(19)14-3-2-8-23-14/h2-5,7-10,15,18H,6H2,1H3,(H2,19,20)(H,21,22). The van der Waals surface area contributed by atoms with E-state index >= 15 is 0 Å². The number of carbonyl (C=O) groups is 1. The van der Waals surface area contributed by atoms with Gasteiger partial charge in [-0.1, -0.05) is 13.0 Å². The van der Waals surface area contributed by atoms with Crippen LogP contribution in [0.25, 0.3) is 0 Å². The minimum atomic E-state index is -0.246. The van der Waals surface area contributed by atoms with Crippen LogP contribution in [0.5, 0.6) is 0 Å². The van der Waals surface area contributed by atoms with E-state index in [1.54, 1.807) is 11.3 Å². The summed E-state index contributed by atoms with van der Waals surface area (Å²) in [6, 6.07) is 9.49.